The number of furan rings is 1. The van der Waals surface area contributed by atoms with Crippen molar-refractivity contribution in [3.63, 3.8) is 0 Å². The Kier molecular flexibility index (Phi) is 2.69. The van der Waals surface area contributed by atoms with Gasteiger partial charge in [0.25, 0.3) is 0 Å². The molecule has 1 aromatic heterocycles. The van der Waals surface area contributed by atoms with Crippen LogP contribution in [0.5, 0.6) is 0 Å². The van der Waals surface area contributed by atoms with E-state index in [4.69, 9.17) is 4.42 Å². The van der Waals surface area contributed by atoms with E-state index in [1.807, 2.05) is 12.3 Å². The molecule has 1 unspecified atom stereocenters. The highest BCUT2D eigenvalue weighted by Crippen LogP contribution is 2.26. The highest BCUT2D eigenvalue weighted by Gasteiger charge is 2.17. The second kappa shape index (κ2) is 3.97. The van der Waals surface area contributed by atoms with Crippen LogP contribution < -0.4 is 5.32 Å². The van der Waals surface area contributed by atoms with Crippen molar-refractivity contribution in [3.05, 3.63) is 24.2 Å². The minimum absolute atomic E-state index is 0.430. The second-order valence-electron chi connectivity index (χ2n) is 3.98. The molecule has 1 aromatic rings. The average Bonchev–Trinajstić information content (AvgIpc) is 2.52. The first-order valence-electron chi connectivity index (χ1n) is 5.12. The van der Waals surface area contributed by atoms with E-state index in [-0.39, 0.29) is 0 Å². The van der Waals surface area contributed by atoms with Crippen molar-refractivity contribution in [2.24, 2.45) is 5.92 Å². The third-order valence-corrected chi connectivity index (χ3v) is 2.98. The first-order valence-corrected chi connectivity index (χ1v) is 5.12. The molecule has 2 rings (SSSR count). The molecule has 2 nitrogen and oxygen atoms in total. The first-order chi connectivity index (χ1) is 6.36. The highest BCUT2D eigenvalue weighted by molar-refractivity contribution is 5.10. The highest BCUT2D eigenvalue weighted by atomic mass is 16.3. The van der Waals surface area contributed by atoms with Crippen molar-refractivity contribution in [1.29, 1.82) is 0 Å². The van der Waals surface area contributed by atoms with Crippen LogP contribution in [-0.2, 0) is 0 Å². The van der Waals surface area contributed by atoms with Crippen LogP contribution in [0.2, 0.25) is 0 Å². The Morgan fingerprint density at radius 2 is 2.46 bits per heavy atom. The van der Waals surface area contributed by atoms with E-state index in [1.54, 1.807) is 6.26 Å². The largest absolute Gasteiger partial charge is 0.472 e. The summed E-state index contributed by atoms with van der Waals surface area (Å²) < 4.78 is 5.04. The van der Waals surface area contributed by atoms with Crippen molar-refractivity contribution in [2.75, 3.05) is 6.54 Å². The van der Waals surface area contributed by atoms with Crippen molar-refractivity contribution in [3.8, 4) is 0 Å². The molecule has 0 aliphatic heterocycles. The summed E-state index contributed by atoms with van der Waals surface area (Å²) in [6, 6.07) is 2.46. The van der Waals surface area contributed by atoms with Crippen LogP contribution in [0.3, 0.4) is 0 Å². The van der Waals surface area contributed by atoms with E-state index in [0.29, 0.717) is 6.04 Å². The van der Waals surface area contributed by atoms with Gasteiger partial charge in [-0.25, -0.2) is 0 Å². The Bertz CT molecular complexity index is 239. The zero-order valence-corrected chi connectivity index (χ0v) is 8.12. The van der Waals surface area contributed by atoms with Crippen LogP contribution in [0.4, 0.5) is 0 Å². The molecule has 0 radical (unpaired) electrons. The average molecular weight is 179 g/mol. The van der Waals surface area contributed by atoms with E-state index in [2.05, 4.69) is 12.2 Å². The normalized spacial score (nSPS) is 19.8. The topological polar surface area (TPSA) is 25.2 Å². The zero-order chi connectivity index (χ0) is 9.10. The molecule has 1 heterocycles. The van der Waals surface area contributed by atoms with Gasteiger partial charge in [0.2, 0.25) is 0 Å². The number of rotatable bonds is 4. The maximum Gasteiger partial charge on any atom is 0.0950 e. The molecule has 1 fully saturated rings. The van der Waals surface area contributed by atoms with Crippen molar-refractivity contribution in [2.45, 2.75) is 32.2 Å². The third kappa shape index (κ3) is 2.13. The fourth-order valence-electron chi connectivity index (χ4n) is 1.68. The van der Waals surface area contributed by atoms with Crippen molar-refractivity contribution >= 4 is 0 Å². The quantitative estimate of drug-likeness (QED) is 0.768. The van der Waals surface area contributed by atoms with Gasteiger partial charge in [-0.15, -0.1) is 0 Å². The monoisotopic (exact) mass is 179 g/mol. The summed E-state index contributed by atoms with van der Waals surface area (Å²) in [6.07, 6.45) is 7.79. The van der Waals surface area contributed by atoms with Gasteiger partial charge in [-0.2, -0.15) is 0 Å². The molecular formula is C11H17NO. The number of nitrogens with one attached hydrogen (secondary N) is 1. The Morgan fingerprint density at radius 3 is 3.00 bits per heavy atom. The van der Waals surface area contributed by atoms with Gasteiger partial charge in [0.15, 0.2) is 0 Å². The van der Waals surface area contributed by atoms with Crippen LogP contribution >= 0.6 is 0 Å². The van der Waals surface area contributed by atoms with Gasteiger partial charge in [0, 0.05) is 11.6 Å². The Morgan fingerprint density at radius 1 is 1.62 bits per heavy atom. The molecule has 1 N–H and O–H groups in total. The summed E-state index contributed by atoms with van der Waals surface area (Å²) >= 11 is 0. The molecular weight excluding hydrogens is 162 g/mol. The molecule has 13 heavy (non-hydrogen) atoms. The maximum atomic E-state index is 5.04. The van der Waals surface area contributed by atoms with E-state index in [0.717, 1.165) is 12.5 Å². The van der Waals surface area contributed by atoms with Gasteiger partial charge in [-0.1, -0.05) is 6.42 Å². The molecule has 1 aliphatic carbocycles. The Balaban J connectivity index is 1.74. The van der Waals surface area contributed by atoms with Crippen LogP contribution in [0.15, 0.2) is 23.0 Å². The van der Waals surface area contributed by atoms with Gasteiger partial charge >= 0.3 is 0 Å². The van der Waals surface area contributed by atoms with Crippen LogP contribution in [-0.4, -0.2) is 6.54 Å². The molecule has 0 saturated heterocycles. The summed E-state index contributed by atoms with van der Waals surface area (Å²) in [7, 11) is 0. The lowest BCUT2D eigenvalue weighted by Gasteiger charge is -2.27. The second-order valence-corrected chi connectivity index (χ2v) is 3.98. The van der Waals surface area contributed by atoms with Crippen LogP contribution in [0.25, 0.3) is 0 Å². The molecule has 72 valence electrons. The lowest BCUT2D eigenvalue weighted by molar-refractivity contribution is 0.292. The predicted octanol–water partition coefficient (Wildman–Crippen LogP) is 2.73. The SMILES string of the molecule is CC(NCC1CCC1)c1ccoc1. The summed E-state index contributed by atoms with van der Waals surface area (Å²) in [5, 5.41) is 3.53. The summed E-state index contributed by atoms with van der Waals surface area (Å²) in [5.74, 6) is 0.925. The van der Waals surface area contributed by atoms with Crippen LogP contribution in [0, 0.1) is 5.92 Å². The molecule has 0 bridgehead atoms. The van der Waals surface area contributed by atoms with E-state index in [9.17, 15) is 0 Å². The van der Waals surface area contributed by atoms with Crippen molar-refractivity contribution < 1.29 is 4.42 Å². The van der Waals surface area contributed by atoms with Crippen molar-refractivity contribution in [1.82, 2.24) is 5.32 Å². The van der Waals surface area contributed by atoms with Gasteiger partial charge in [-0.3, -0.25) is 0 Å². The molecule has 0 aromatic carbocycles. The van der Waals surface area contributed by atoms with Gasteiger partial charge in [0.1, 0.15) is 0 Å². The number of hydrogen-bond donors (Lipinski definition) is 1. The maximum absolute atomic E-state index is 5.04. The molecule has 1 atom stereocenters. The standard InChI is InChI=1S/C11H17NO/c1-9(11-5-6-13-8-11)12-7-10-3-2-4-10/h5-6,8-10,12H,2-4,7H2,1H3. The van der Waals surface area contributed by atoms with E-state index < -0.39 is 0 Å². The molecule has 1 saturated carbocycles. The van der Waals surface area contributed by atoms with Gasteiger partial charge < -0.3 is 9.73 Å². The lowest BCUT2D eigenvalue weighted by Crippen LogP contribution is -2.29. The third-order valence-electron chi connectivity index (χ3n) is 2.98. The zero-order valence-electron chi connectivity index (χ0n) is 8.12. The smallest absolute Gasteiger partial charge is 0.0950 e. The summed E-state index contributed by atoms with van der Waals surface area (Å²) in [6.45, 7) is 3.34. The first kappa shape index (κ1) is 8.82. The molecule has 1 aliphatic rings. The molecule has 0 amide bonds. The lowest BCUT2D eigenvalue weighted by atomic mass is 9.85. The fourth-order valence-corrected chi connectivity index (χ4v) is 1.68. The Hall–Kier alpha value is -0.760. The van der Waals surface area contributed by atoms with Gasteiger partial charge in [0.05, 0.1) is 12.5 Å². The minimum Gasteiger partial charge on any atom is -0.472 e. The summed E-state index contributed by atoms with van der Waals surface area (Å²) in [4.78, 5) is 0. The van der Waals surface area contributed by atoms with E-state index >= 15 is 0 Å². The Labute approximate surface area is 79.3 Å². The molecule has 0 spiro atoms. The number of hydrogen-bond acceptors (Lipinski definition) is 2. The van der Waals surface area contributed by atoms with E-state index in [1.165, 1.54) is 24.8 Å². The fraction of sp³-hybridized carbons (Fsp3) is 0.636. The summed E-state index contributed by atoms with van der Waals surface area (Å²) in [5.41, 5.74) is 1.25. The predicted molar refractivity (Wildman–Crippen MR) is 52.5 cm³/mol. The van der Waals surface area contributed by atoms with Gasteiger partial charge in [-0.05, 0) is 38.3 Å². The van der Waals surface area contributed by atoms with Crippen LogP contribution in [0.1, 0.15) is 37.8 Å². The minimum atomic E-state index is 0.430. The molecule has 2 heteroatoms.